The van der Waals surface area contributed by atoms with E-state index >= 15 is 0 Å². The first-order valence-corrected chi connectivity index (χ1v) is 10.5. The van der Waals surface area contributed by atoms with Crippen LogP contribution in [0.3, 0.4) is 0 Å². The van der Waals surface area contributed by atoms with Gasteiger partial charge in [0.15, 0.2) is 0 Å². The quantitative estimate of drug-likeness (QED) is 0.783. The molecule has 0 aromatic heterocycles. The van der Waals surface area contributed by atoms with Gasteiger partial charge in [-0.25, -0.2) is 0 Å². The molecular formula is C21H38N2O2. The third kappa shape index (κ3) is 6.00. The molecule has 25 heavy (non-hydrogen) atoms. The summed E-state index contributed by atoms with van der Waals surface area (Å²) in [7, 11) is 1.98. The lowest BCUT2D eigenvalue weighted by atomic mass is 9.78. The molecular weight excluding hydrogens is 312 g/mol. The van der Waals surface area contributed by atoms with E-state index in [4.69, 9.17) is 0 Å². The van der Waals surface area contributed by atoms with Crippen LogP contribution in [0.25, 0.3) is 0 Å². The van der Waals surface area contributed by atoms with Crippen LogP contribution < -0.4 is 5.32 Å². The van der Waals surface area contributed by atoms with Crippen molar-refractivity contribution in [3.05, 3.63) is 0 Å². The van der Waals surface area contributed by atoms with Crippen LogP contribution in [0.2, 0.25) is 0 Å². The molecule has 0 aromatic rings. The van der Waals surface area contributed by atoms with Gasteiger partial charge in [-0.2, -0.15) is 0 Å². The molecule has 0 bridgehead atoms. The molecule has 3 unspecified atom stereocenters. The number of rotatable bonds is 6. The summed E-state index contributed by atoms with van der Waals surface area (Å²) in [6, 6.07) is 0.484. The Hall–Kier alpha value is -1.06. The fraction of sp³-hybridized carbons (Fsp3) is 0.905. The Morgan fingerprint density at radius 3 is 2.24 bits per heavy atom. The van der Waals surface area contributed by atoms with Crippen molar-refractivity contribution in [2.45, 2.75) is 97.1 Å². The molecule has 144 valence electrons. The third-order valence-electron chi connectivity index (χ3n) is 6.22. The van der Waals surface area contributed by atoms with Crippen LogP contribution in [-0.4, -0.2) is 35.8 Å². The number of hydrogen-bond acceptors (Lipinski definition) is 2. The van der Waals surface area contributed by atoms with E-state index in [1.807, 2.05) is 25.8 Å². The summed E-state index contributed by atoms with van der Waals surface area (Å²) < 4.78 is 0. The maximum atomic E-state index is 12.7. The second-order valence-electron chi connectivity index (χ2n) is 8.76. The number of amides is 2. The van der Waals surface area contributed by atoms with Crippen LogP contribution in [0.15, 0.2) is 0 Å². The Bertz CT molecular complexity index is 443. The number of nitrogens with one attached hydrogen (secondary N) is 1. The van der Waals surface area contributed by atoms with Crippen LogP contribution in [0.1, 0.15) is 85.0 Å². The first-order chi connectivity index (χ1) is 11.9. The zero-order valence-electron chi connectivity index (χ0n) is 16.7. The van der Waals surface area contributed by atoms with Crippen molar-refractivity contribution < 1.29 is 9.59 Å². The van der Waals surface area contributed by atoms with E-state index < -0.39 is 0 Å². The molecule has 0 saturated heterocycles. The number of nitrogens with zero attached hydrogens (tertiary/aromatic N) is 1. The maximum absolute atomic E-state index is 12.7. The molecule has 4 nitrogen and oxygen atoms in total. The highest BCUT2D eigenvalue weighted by Gasteiger charge is 2.31. The minimum Gasteiger partial charge on any atom is -0.354 e. The molecule has 0 heterocycles. The average Bonchev–Trinajstić information content (AvgIpc) is 2.60. The van der Waals surface area contributed by atoms with Gasteiger partial charge in [-0.15, -0.1) is 0 Å². The van der Waals surface area contributed by atoms with Gasteiger partial charge in [-0.1, -0.05) is 32.1 Å². The van der Waals surface area contributed by atoms with Gasteiger partial charge in [-0.05, 0) is 58.8 Å². The summed E-state index contributed by atoms with van der Waals surface area (Å²) in [5.74, 6) is 1.54. The summed E-state index contributed by atoms with van der Waals surface area (Å²) in [5.41, 5.74) is 0. The lowest BCUT2D eigenvalue weighted by molar-refractivity contribution is -0.137. The van der Waals surface area contributed by atoms with Crippen molar-refractivity contribution in [3.8, 4) is 0 Å². The summed E-state index contributed by atoms with van der Waals surface area (Å²) in [6.07, 6.45) is 11.2. The van der Waals surface area contributed by atoms with E-state index in [0.717, 1.165) is 38.5 Å². The summed E-state index contributed by atoms with van der Waals surface area (Å²) in [4.78, 5) is 27.0. The van der Waals surface area contributed by atoms with Gasteiger partial charge in [0.05, 0.1) is 0 Å². The normalized spacial score (nSPS) is 26.3. The van der Waals surface area contributed by atoms with E-state index in [1.165, 1.54) is 25.7 Å². The Balaban J connectivity index is 1.83. The SMILES string of the molecule is CC(C)NC(=O)C1CCCC(CC(C)N(C)C(=O)C2CCCCC2)C1. The largest absolute Gasteiger partial charge is 0.354 e. The zero-order chi connectivity index (χ0) is 18.4. The molecule has 2 rings (SSSR count). The summed E-state index contributed by atoms with van der Waals surface area (Å²) >= 11 is 0. The van der Waals surface area contributed by atoms with E-state index in [2.05, 4.69) is 12.2 Å². The highest BCUT2D eigenvalue weighted by Crippen LogP contribution is 2.33. The molecule has 0 aliphatic heterocycles. The highest BCUT2D eigenvalue weighted by molar-refractivity contribution is 5.79. The van der Waals surface area contributed by atoms with Crippen molar-refractivity contribution >= 4 is 11.8 Å². The van der Waals surface area contributed by atoms with Crippen molar-refractivity contribution in [1.29, 1.82) is 0 Å². The van der Waals surface area contributed by atoms with Gasteiger partial charge in [0.1, 0.15) is 0 Å². The molecule has 0 radical (unpaired) electrons. The number of hydrogen-bond donors (Lipinski definition) is 1. The Kier molecular flexibility index (Phi) is 7.77. The maximum Gasteiger partial charge on any atom is 0.225 e. The summed E-state index contributed by atoms with van der Waals surface area (Å²) in [5, 5.41) is 3.07. The van der Waals surface area contributed by atoms with E-state index in [-0.39, 0.29) is 29.8 Å². The van der Waals surface area contributed by atoms with Crippen molar-refractivity contribution in [2.24, 2.45) is 17.8 Å². The second kappa shape index (κ2) is 9.59. The molecule has 2 saturated carbocycles. The number of carbonyl (C=O) groups excluding carboxylic acids is 2. The molecule has 1 N–H and O–H groups in total. The van der Waals surface area contributed by atoms with Gasteiger partial charge >= 0.3 is 0 Å². The Labute approximate surface area is 154 Å². The molecule has 2 amide bonds. The standard InChI is InChI=1S/C21H38N2O2/c1-15(2)22-20(24)19-12-8-9-17(14-19)13-16(3)23(4)21(25)18-10-6-5-7-11-18/h15-19H,5-14H2,1-4H3,(H,22,24). The topological polar surface area (TPSA) is 49.4 Å². The van der Waals surface area contributed by atoms with E-state index in [9.17, 15) is 9.59 Å². The lowest BCUT2D eigenvalue weighted by Crippen LogP contribution is -2.42. The minimum absolute atomic E-state index is 0.160. The van der Waals surface area contributed by atoms with Crippen LogP contribution in [0.5, 0.6) is 0 Å². The molecule has 4 heteroatoms. The monoisotopic (exact) mass is 350 g/mol. The Morgan fingerprint density at radius 1 is 0.960 bits per heavy atom. The zero-order valence-corrected chi connectivity index (χ0v) is 16.7. The molecule has 0 aromatic carbocycles. The molecule has 2 aliphatic rings. The van der Waals surface area contributed by atoms with Crippen molar-refractivity contribution in [1.82, 2.24) is 10.2 Å². The van der Waals surface area contributed by atoms with Crippen LogP contribution in [0, 0.1) is 17.8 Å². The number of carbonyl (C=O) groups is 2. The van der Waals surface area contributed by atoms with Crippen LogP contribution >= 0.6 is 0 Å². The van der Waals surface area contributed by atoms with Crippen molar-refractivity contribution in [2.75, 3.05) is 7.05 Å². The third-order valence-corrected chi connectivity index (χ3v) is 6.22. The van der Waals surface area contributed by atoms with Gasteiger partial charge in [0, 0.05) is 31.0 Å². The molecule has 2 fully saturated rings. The van der Waals surface area contributed by atoms with Crippen LogP contribution in [0.4, 0.5) is 0 Å². The van der Waals surface area contributed by atoms with Crippen molar-refractivity contribution in [3.63, 3.8) is 0 Å². The first-order valence-electron chi connectivity index (χ1n) is 10.5. The highest BCUT2D eigenvalue weighted by atomic mass is 16.2. The minimum atomic E-state index is 0.160. The Morgan fingerprint density at radius 2 is 1.60 bits per heavy atom. The van der Waals surface area contributed by atoms with E-state index in [1.54, 1.807) is 0 Å². The fourth-order valence-corrected chi connectivity index (χ4v) is 4.64. The smallest absolute Gasteiger partial charge is 0.225 e. The van der Waals surface area contributed by atoms with Gasteiger partial charge in [0.2, 0.25) is 11.8 Å². The molecule has 2 aliphatic carbocycles. The predicted octanol–water partition coefficient (Wildman–Crippen LogP) is 4.13. The summed E-state index contributed by atoms with van der Waals surface area (Å²) in [6.45, 7) is 6.22. The fourth-order valence-electron chi connectivity index (χ4n) is 4.64. The van der Waals surface area contributed by atoms with E-state index in [0.29, 0.717) is 11.8 Å². The average molecular weight is 351 g/mol. The lowest BCUT2D eigenvalue weighted by Gasteiger charge is -2.35. The second-order valence-corrected chi connectivity index (χ2v) is 8.76. The van der Waals surface area contributed by atoms with Gasteiger partial charge in [-0.3, -0.25) is 9.59 Å². The first kappa shape index (κ1) is 20.3. The van der Waals surface area contributed by atoms with Gasteiger partial charge < -0.3 is 10.2 Å². The molecule has 0 spiro atoms. The van der Waals surface area contributed by atoms with Gasteiger partial charge in [0.25, 0.3) is 0 Å². The van der Waals surface area contributed by atoms with Crippen LogP contribution in [-0.2, 0) is 9.59 Å². The molecule has 3 atom stereocenters. The predicted molar refractivity (Wildman–Crippen MR) is 102 cm³/mol.